The van der Waals surface area contributed by atoms with Gasteiger partial charge in [0.25, 0.3) is 17.6 Å². The summed E-state index contributed by atoms with van der Waals surface area (Å²) in [5, 5.41) is 8.42. The number of nitrogens with two attached hydrogens (primary N) is 1. The molecule has 12 heteroatoms. The van der Waals surface area contributed by atoms with E-state index in [0.29, 0.717) is 27.1 Å². The van der Waals surface area contributed by atoms with Gasteiger partial charge in [-0.1, -0.05) is 35.3 Å². The molecule has 2 amide bonds. The Hall–Kier alpha value is -3.96. The fourth-order valence-corrected chi connectivity index (χ4v) is 5.00. The molecule has 1 saturated heterocycles. The summed E-state index contributed by atoms with van der Waals surface area (Å²) in [6.45, 7) is 0.304. The average molecular weight is 582 g/mol. The molecular weight excluding hydrogens is 557 g/mol. The summed E-state index contributed by atoms with van der Waals surface area (Å²) < 4.78 is 18.1. The molecule has 10 nitrogen and oxygen atoms in total. The van der Waals surface area contributed by atoms with Gasteiger partial charge in [-0.25, -0.2) is 9.67 Å². The van der Waals surface area contributed by atoms with Crippen LogP contribution in [0, 0.1) is 0 Å². The number of carbonyl (C=O) groups is 2. The van der Waals surface area contributed by atoms with Crippen LogP contribution >= 0.6 is 23.2 Å². The van der Waals surface area contributed by atoms with Gasteiger partial charge in [-0.15, -0.1) is 0 Å². The number of hydrogen-bond donors (Lipinski definition) is 2. The molecule has 1 unspecified atom stereocenters. The van der Waals surface area contributed by atoms with E-state index in [4.69, 9.17) is 43.1 Å². The van der Waals surface area contributed by atoms with Crippen molar-refractivity contribution in [2.45, 2.75) is 18.2 Å². The molecule has 4 aromatic rings. The zero-order chi connectivity index (χ0) is 28.3. The molecule has 206 valence electrons. The normalized spacial score (nSPS) is 15.0. The summed E-state index contributed by atoms with van der Waals surface area (Å²) in [5.41, 5.74) is 7.98. The van der Waals surface area contributed by atoms with Crippen LogP contribution in [0.4, 0.5) is 0 Å². The highest BCUT2D eigenvalue weighted by atomic mass is 35.5. The van der Waals surface area contributed by atoms with E-state index in [1.807, 2.05) is 12.1 Å². The standard InChI is InChI=1S/C28H25Cl2N5O5/c1-38-19-7-4-17(5-8-19)15-24(28(27(31)37)39-13-14-40-28)33-26(36)21-3-2-11-32-25(21)35-12-10-23(34-35)20-9-6-18(29)16-22(20)30/h2-12,16,24H,13-15H2,1H3,(H2,31,37)(H,33,36). The zero-order valence-corrected chi connectivity index (χ0v) is 22.9. The first-order valence-electron chi connectivity index (χ1n) is 12.3. The number of methoxy groups -OCH3 is 1. The van der Waals surface area contributed by atoms with Gasteiger partial charge < -0.3 is 25.3 Å². The van der Waals surface area contributed by atoms with Crippen LogP contribution in [0.5, 0.6) is 5.75 Å². The molecule has 1 atom stereocenters. The van der Waals surface area contributed by atoms with Crippen molar-refractivity contribution in [1.29, 1.82) is 0 Å². The van der Waals surface area contributed by atoms with Gasteiger partial charge in [-0.2, -0.15) is 5.10 Å². The molecule has 5 rings (SSSR count). The number of amides is 2. The van der Waals surface area contributed by atoms with Crippen molar-refractivity contribution >= 4 is 35.0 Å². The molecule has 0 aliphatic carbocycles. The van der Waals surface area contributed by atoms with E-state index in [1.165, 1.54) is 4.68 Å². The summed E-state index contributed by atoms with van der Waals surface area (Å²) in [5.74, 6) is -2.28. The smallest absolute Gasteiger partial charge is 0.280 e. The molecular formula is C28H25Cl2N5O5. The summed E-state index contributed by atoms with van der Waals surface area (Å²) in [7, 11) is 1.57. The number of nitrogens with one attached hydrogen (secondary N) is 1. The molecule has 3 heterocycles. The van der Waals surface area contributed by atoms with Crippen LogP contribution in [-0.2, 0) is 20.7 Å². The molecule has 3 N–H and O–H groups in total. The average Bonchev–Trinajstić information content (AvgIpc) is 3.64. The van der Waals surface area contributed by atoms with Crippen LogP contribution in [0.15, 0.2) is 73.1 Å². The van der Waals surface area contributed by atoms with Gasteiger partial charge in [0.05, 0.1) is 42.6 Å². The van der Waals surface area contributed by atoms with Crippen molar-refractivity contribution in [2.75, 3.05) is 20.3 Å². The van der Waals surface area contributed by atoms with Gasteiger partial charge in [0.15, 0.2) is 5.82 Å². The number of pyridine rings is 1. The Morgan fingerprint density at radius 2 is 1.88 bits per heavy atom. The maximum atomic E-state index is 13.7. The third-order valence-corrected chi connectivity index (χ3v) is 7.01. The van der Waals surface area contributed by atoms with Crippen LogP contribution < -0.4 is 15.8 Å². The summed E-state index contributed by atoms with van der Waals surface area (Å²) >= 11 is 12.4. The molecule has 1 fully saturated rings. The molecule has 0 radical (unpaired) electrons. The maximum absolute atomic E-state index is 13.7. The van der Waals surface area contributed by atoms with E-state index in [-0.39, 0.29) is 31.0 Å². The highest BCUT2D eigenvalue weighted by Gasteiger charge is 2.51. The molecule has 0 spiro atoms. The van der Waals surface area contributed by atoms with E-state index < -0.39 is 23.6 Å². The Labute approximate surface area is 240 Å². The summed E-state index contributed by atoms with van der Waals surface area (Å²) in [6, 6.07) is 16.3. The molecule has 0 saturated carbocycles. The Morgan fingerprint density at radius 1 is 1.12 bits per heavy atom. The second-order valence-electron chi connectivity index (χ2n) is 8.95. The molecule has 40 heavy (non-hydrogen) atoms. The predicted molar refractivity (Wildman–Crippen MR) is 149 cm³/mol. The van der Waals surface area contributed by atoms with Gasteiger partial charge in [0.1, 0.15) is 5.75 Å². The number of carbonyl (C=O) groups excluding carboxylic acids is 2. The Kier molecular flexibility index (Phi) is 8.04. The molecule has 1 aliphatic heterocycles. The lowest BCUT2D eigenvalue weighted by Gasteiger charge is -2.33. The Bertz CT molecular complexity index is 1540. The third-order valence-electron chi connectivity index (χ3n) is 6.47. The minimum Gasteiger partial charge on any atom is -0.497 e. The maximum Gasteiger partial charge on any atom is 0.280 e. The van der Waals surface area contributed by atoms with Crippen molar-refractivity contribution in [3.63, 3.8) is 0 Å². The molecule has 2 aromatic carbocycles. The Morgan fingerprint density at radius 3 is 2.55 bits per heavy atom. The van der Waals surface area contributed by atoms with Gasteiger partial charge in [0.2, 0.25) is 0 Å². The number of primary amides is 1. The lowest BCUT2D eigenvalue weighted by Crippen LogP contribution is -2.61. The van der Waals surface area contributed by atoms with Crippen LogP contribution in [0.1, 0.15) is 15.9 Å². The van der Waals surface area contributed by atoms with Crippen LogP contribution in [0.2, 0.25) is 10.0 Å². The summed E-state index contributed by atoms with van der Waals surface area (Å²) in [4.78, 5) is 30.7. The number of hydrogen-bond acceptors (Lipinski definition) is 7. The Balaban J connectivity index is 1.46. The number of rotatable bonds is 9. The van der Waals surface area contributed by atoms with Crippen molar-refractivity contribution in [3.8, 4) is 22.8 Å². The van der Waals surface area contributed by atoms with Crippen molar-refractivity contribution in [3.05, 3.63) is 94.2 Å². The lowest BCUT2D eigenvalue weighted by molar-refractivity contribution is -0.189. The van der Waals surface area contributed by atoms with Crippen LogP contribution in [0.25, 0.3) is 17.1 Å². The summed E-state index contributed by atoms with van der Waals surface area (Å²) in [6.07, 6.45) is 3.41. The molecule has 1 aliphatic rings. The highest BCUT2D eigenvalue weighted by molar-refractivity contribution is 6.36. The SMILES string of the molecule is COc1ccc(CC(NC(=O)c2cccnc2-n2ccc(-c3ccc(Cl)cc3Cl)n2)C2(C(N)=O)OCCO2)cc1. The quantitative estimate of drug-likeness (QED) is 0.307. The van der Waals surface area contributed by atoms with Gasteiger partial charge in [-0.3, -0.25) is 9.59 Å². The number of aromatic nitrogens is 3. The number of nitrogens with zero attached hydrogens (tertiary/aromatic N) is 3. The second kappa shape index (κ2) is 11.6. The topological polar surface area (TPSA) is 131 Å². The van der Waals surface area contributed by atoms with Gasteiger partial charge >= 0.3 is 0 Å². The predicted octanol–water partition coefficient (Wildman–Crippen LogP) is 3.82. The largest absolute Gasteiger partial charge is 0.497 e. The minimum atomic E-state index is -1.85. The molecule has 0 bridgehead atoms. The first-order chi connectivity index (χ1) is 19.3. The number of halogens is 2. The van der Waals surface area contributed by atoms with E-state index in [9.17, 15) is 9.59 Å². The monoisotopic (exact) mass is 581 g/mol. The van der Waals surface area contributed by atoms with Crippen molar-refractivity contribution in [2.24, 2.45) is 5.73 Å². The number of benzene rings is 2. The van der Waals surface area contributed by atoms with E-state index in [0.717, 1.165) is 5.56 Å². The minimum absolute atomic E-state index is 0.152. The second-order valence-corrected chi connectivity index (χ2v) is 9.79. The highest BCUT2D eigenvalue weighted by Crippen LogP contribution is 2.30. The van der Waals surface area contributed by atoms with E-state index >= 15 is 0 Å². The fourth-order valence-electron chi connectivity index (χ4n) is 4.50. The zero-order valence-electron chi connectivity index (χ0n) is 21.3. The van der Waals surface area contributed by atoms with Crippen molar-refractivity contribution < 1.29 is 23.8 Å². The lowest BCUT2D eigenvalue weighted by atomic mass is 9.97. The first-order valence-corrected chi connectivity index (χ1v) is 13.0. The van der Waals surface area contributed by atoms with E-state index in [2.05, 4.69) is 15.4 Å². The molecule has 2 aromatic heterocycles. The van der Waals surface area contributed by atoms with Crippen LogP contribution in [-0.4, -0.2) is 58.7 Å². The van der Waals surface area contributed by atoms with E-state index in [1.54, 1.807) is 68.0 Å². The van der Waals surface area contributed by atoms with Gasteiger partial charge in [0, 0.05) is 23.0 Å². The fraction of sp³-hybridized carbons (Fsp3) is 0.214. The van der Waals surface area contributed by atoms with Crippen molar-refractivity contribution in [1.82, 2.24) is 20.1 Å². The number of ether oxygens (including phenoxy) is 3. The van der Waals surface area contributed by atoms with Gasteiger partial charge in [-0.05, 0) is 60.5 Å². The first kappa shape index (κ1) is 27.6. The van der Waals surface area contributed by atoms with Crippen LogP contribution in [0.3, 0.4) is 0 Å². The third kappa shape index (κ3) is 5.52.